The van der Waals surface area contributed by atoms with E-state index in [0.29, 0.717) is 12.1 Å². The van der Waals surface area contributed by atoms with Crippen LogP contribution in [0.25, 0.3) is 0 Å². The lowest BCUT2D eigenvalue weighted by atomic mass is 10.2. The molecule has 0 spiro atoms. The van der Waals surface area contributed by atoms with E-state index in [-0.39, 0.29) is 21.3 Å². The molecule has 0 atom stereocenters. The summed E-state index contributed by atoms with van der Waals surface area (Å²) < 4.78 is 39.5. The predicted molar refractivity (Wildman–Crippen MR) is 75.1 cm³/mol. The van der Waals surface area contributed by atoms with Crippen molar-refractivity contribution in [2.45, 2.75) is 0 Å². The van der Waals surface area contributed by atoms with Gasteiger partial charge in [0.1, 0.15) is 5.82 Å². The van der Waals surface area contributed by atoms with Gasteiger partial charge >= 0.3 is 0 Å². The monoisotopic (exact) mass is 334 g/mol. The number of rotatable bonds is 2. The topological polar surface area (TPSA) is 55.1 Å². The maximum atomic E-state index is 13.5. The molecule has 3 nitrogen and oxygen atoms in total. The van der Waals surface area contributed by atoms with E-state index in [4.69, 9.17) is 28.9 Å². The van der Waals surface area contributed by atoms with Crippen LogP contribution in [0.5, 0.6) is 0 Å². The van der Waals surface area contributed by atoms with Gasteiger partial charge in [-0.2, -0.15) is 0 Å². The lowest BCUT2D eigenvalue weighted by Crippen LogP contribution is -2.14. The summed E-state index contributed by atoms with van der Waals surface area (Å²) in [5.41, 5.74) is 4.92. The number of nitrogen functional groups attached to an aromatic ring is 1. The summed E-state index contributed by atoms with van der Waals surface area (Å²) in [7, 11) is 0. The van der Waals surface area contributed by atoms with Crippen LogP contribution in [0.3, 0.4) is 0 Å². The molecule has 2 aromatic carbocycles. The molecule has 0 aliphatic carbocycles. The minimum absolute atomic E-state index is 0.0264. The Hall–Kier alpha value is -1.92. The van der Waals surface area contributed by atoms with Gasteiger partial charge in [-0.3, -0.25) is 4.79 Å². The molecule has 2 aromatic rings. The Morgan fingerprint density at radius 1 is 1.05 bits per heavy atom. The van der Waals surface area contributed by atoms with Gasteiger partial charge in [-0.05, 0) is 12.1 Å². The van der Waals surface area contributed by atoms with Crippen molar-refractivity contribution in [2.24, 2.45) is 0 Å². The van der Waals surface area contributed by atoms with Crippen molar-refractivity contribution in [3.8, 4) is 0 Å². The molecule has 3 N–H and O–H groups in total. The molecule has 21 heavy (non-hydrogen) atoms. The molecule has 8 heteroatoms. The molecule has 0 bridgehead atoms. The first-order valence-corrected chi connectivity index (χ1v) is 6.25. The van der Waals surface area contributed by atoms with Gasteiger partial charge in [-0.25, -0.2) is 13.2 Å². The van der Waals surface area contributed by atoms with E-state index in [1.165, 1.54) is 12.1 Å². The SMILES string of the molecule is Nc1c(Cl)cc(C(=O)Nc2cc(F)cc(F)c2F)cc1Cl. The minimum Gasteiger partial charge on any atom is -0.396 e. The first-order chi connectivity index (χ1) is 9.79. The third-order valence-electron chi connectivity index (χ3n) is 2.58. The fourth-order valence-corrected chi connectivity index (χ4v) is 2.04. The largest absolute Gasteiger partial charge is 0.396 e. The van der Waals surface area contributed by atoms with E-state index in [1.54, 1.807) is 0 Å². The smallest absolute Gasteiger partial charge is 0.255 e. The van der Waals surface area contributed by atoms with Gasteiger partial charge < -0.3 is 11.1 Å². The molecule has 0 heterocycles. The van der Waals surface area contributed by atoms with E-state index in [1.807, 2.05) is 5.32 Å². The number of anilines is 2. The second kappa shape index (κ2) is 5.83. The summed E-state index contributed by atoms with van der Waals surface area (Å²) in [6.45, 7) is 0. The van der Waals surface area contributed by atoms with Gasteiger partial charge in [0.2, 0.25) is 0 Å². The first kappa shape index (κ1) is 15.5. The number of carbonyl (C=O) groups is 1. The molecule has 0 unspecified atom stereocenters. The number of halogens is 5. The highest BCUT2D eigenvalue weighted by Gasteiger charge is 2.16. The molecule has 1 amide bonds. The van der Waals surface area contributed by atoms with Crippen molar-refractivity contribution < 1.29 is 18.0 Å². The zero-order valence-electron chi connectivity index (χ0n) is 10.2. The molecule has 0 radical (unpaired) electrons. The molecular formula is C13H7Cl2F3N2O. The van der Waals surface area contributed by atoms with Gasteiger partial charge in [0.25, 0.3) is 5.91 Å². The highest BCUT2D eigenvalue weighted by atomic mass is 35.5. The quantitative estimate of drug-likeness (QED) is 0.637. The number of hydrogen-bond donors (Lipinski definition) is 2. The van der Waals surface area contributed by atoms with Gasteiger partial charge in [-0.15, -0.1) is 0 Å². The van der Waals surface area contributed by atoms with Crippen molar-refractivity contribution >= 4 is 40.5 Å². The van der Waals surface area contributed by atoms with E-state index in [0.717, 1.165) is 0 Å². The summed E-state index contributed by atoms with van der Waals surface area (Å²) in [6.07, 6.45) is 0. The fourth-order valence-electron chi connectivity index (χ4n) is 1.56. The number of amides is 1. The van der Waals surface area contributed by atoms with Crippen LogP contribution in [0.1, 0.15) is 10.4 Å². The molecule has 0 saturated heterocycles. The van der Waals surface area contributed by atoms with Crippen molar-refractivity contribution in [2.75, 3.05) is 11.1 Å². The lowest BCUT2D eigenvalue weighted by Gasteiger charge is -2.09. The van der Waals surface area contributed by atoms with Gasteiger partial charge in [0.05, 0.1) is 21.4 Å². The van der Waals surface area contributed by atoms with Crippen LogP contribution in [0.2, 0.25) is 10.0 Å². The Morgan fingerprint density at radius 3 is 2.19 bits per heavy atom. The van der Waals surface area contributed by atoms with E-state index >= 15 is 0 Å². The molecule has 2 rings (SSSR count). The van der Waals surface area contributed by atoms with Crippen LogP contribution < -0.4 is 11.1 Å². The molecule has 110 valence electrons. The first-order valence-electron chi connectivity index (χ1n) is 5.50. The Balaban J connectivity index is 2.35. The highest BCUT2D eigenvalue weighted by molar-refractivity contribution is 6.39. The van der Waals surface area contributed by atoms with E-state index < -0.39 is 29.0 Å². The zero-order valence-corrected chi connectivity index (χ0v) is 11.7. The molecule has 0 aliphatic rings. The second-order valence-electron chi connectivity index (χ2n) is 4.06. The summed E-state index contributed by atoms with van der Waals surface area (Å²) in [6, 6.07) is 3.41. The Labute approximate surface area is 127 Å². The molecule has 0 saturated carbocycles. The van der Waals surface area contributed by atoms with Crippen LogP contribution >= 0.6 is 23.2 Å². The summed E-state index contributed by atoms with van der Waals surface area (Å²) >= 11 is 11.5. The van der Waals surface area contributed by atoms with Gasteiger partial charge in [-0.1, -0.05) is 23.2 Å². The number of hydrogen-bond acceptors (Lipinski definition) is 2. The fraction of sp³-hybridized carbons (Fsp3) is 0. The molecule has 0 aliphatic heterocycles. The van der Waals surface area contributed by atoms with Crippen LogP contribution in [0.4, 0.5) is 24.5 Å². The third-order valence-corrected chi connectivity index (χ3v) is 3.21. The van der Waals surface area contributed by atoms with Crippen LogP contribution in [-0.2, 0) is 0 Å². The molecular weight excluding hydrogens is 328 g/mol. The van der Waals surface area contributed by atoms with Crippen LogP contribution in [0, 0.1) is 17.5 Å². The zero-order chi connectivity index (χ0) is 15.7. The number of benzene rings is 2. The summed E-state index contributed by atoms with van der Waals surface area (Å²) in [5.74, 6) is -4.67. The standard InChI is InChI=1S/C13H7Cl2F3N2O/c14-7-1-5(2-8(15)12(7)19)13(21)20-10-4-6(16)3-9(17)11(10)18/h1-4H,19H2,(H,20,21). The second-order valence-corrected chi connectivity index (χ2v) is 4.87. The van der Waals surface area contributed by atoms with Crippen molar-refractivity contribution in [1.29, 1.82) is 0 Å². The lowest BCUT2D eigenvalue weighted by molar-refractivity contribution is 0.102. The Morgan fingerprint density at radius 2 is 1.62 bits per heavy atom. The summed E-state index contributed by atoms with van der Waals surface area (Å²) in [5, 5.41) is 2.08. The third kappa shape index (κ3) is 3.22. The maximum absolute atomic E-state index is 13.5. The van der Waals surface area contributed by atoms with E-state index in [9.17, 15) is 18.0 Å². The number of nitrogens with one attached hydrogen (secondary N) is 1. The minimum atomic E-state index is -1.42. The number of nitrogens with two attached hydrogens (primary N) is 1. The predicted octanol–water partition coefficient (Wildman–Crippen LogP) is 4.25. The highest BCUT2D eigenvalue weighted by Crippen LogP contribution is 2.29. The molecule has 0 aromatic heterocycles. The van der Waals surface area contributed by atoms with Crippen molar-refractivity contribution in [3.05, 3.63) is 57.3 Å². The number of carbonyl (C=O) groups excluding carboxylic acids is 1. The van der Waals surface area contributed by atoms with Crippen LogP contribution in [-0.4, -0.2) is 5.91 Å². The van der Waals surface area contributed by atoms with Gasteiger partial charge in [0, 0.05) is 17.7 Å². The maximum Gasteiger partial charge on any atom is 0.255 e. The average Bonchev–Trinajstić information content (AvgIpc) is 2.40. The van der Waals surface area contributed by atoms with Crippen LogP contribution in [0.15, 0.2) is 24.3 Å². The van der Waals surface area contributed by atoms with Crippen molar-refractivity contribution in [3.63, 3.8) is 0 Å². The van der Waals surface area contributed by atoms with Gasteiger partial charge in [0.15, 0.2) is 11.6 Å². The molecule has 0 fully saturated rings. The summed E-state index contributed by atoms with van der Waals surface area (Å²) in [4.78, 5) is 11.9. The Bertz CT molecular complexity index is 715. The normalized spacial score (nSPS) is 10.5. The van der Waals surface area contributed by atoms with Crippen molar-refractivity contribution in [1.82, 2.24) is 0 Å². The Kier molecular flexibility index (Phi) is 4.29. The van der Waals surface area contributed by atoms with E-state index in [2.05, 4.69) is 0 Å². The average molecular weight is 335 g/mol.